The van der Waals surface area contributed by atoms with Crippen LogP contribution >= 0.6 is 15.9 Å². The van der Waals surface area contributed by atoms with Crippen molar-refractivity contribution >= 4 is 44.2 Å². The Hall–Kier alpha value is -2.38. The van der Waals surface area contributed by atoms with Crippen LogP contribution in [0.25, 0.3) is 10.9 Å². The van der Waals surface area contributed by atoms with Crippen molar-refractivity contribution in [3.05, 3.63) is 52.3 Å². The number of morpholine rings is 1. The van der Waals surface area contributed by atoms with Crippen molar-refractivity contribution in [2.45, 2.75) is 6.92 Å². The number of fused-ring (bicyclic) bond motifs is 1. The van der Waals surface area contributed by atoms with E-state index in [1.165, 1.54) is 5.56 Å². The first-order valence-corrected chi connectivity index (χ1v) is 9.68. The summed E-state index contributed by atoms with van der Waals surface area (Å²) in [7, 11) is 1.95. The van der Waals surface area contributed by atoms with Gasteiger partial charge in [-0.2, -0.15) is 0 Å². The molecule has 6 nitrogen and oxygen atoms in total. The van der Waals surface area contributed by atoms with Crippen LogP contribution in [-0.4, -0.2) is 46.7 Å². The molecule has 0 bridgehead atoms. The Balaban J connectivity index is 1.73. The second kappa shape index (κ2) is 7.32. The SMILES string of the molecule is Cc1ccc(Nc2ncc(C(=O)N3CCOCC3)c3c2ccn3C)c(Br)c1. The van der Waals surface area contributed by atoms with Crippen LogP contribution in [0, 0.1) is 6.92 Å². The fraction of sp³-hybridized carbons (Fsp3) is 0.300. The van der Waals surface area contributed by atoms with Crippen LogP contribution in [0.15, 0.2) is 41.1 Å². The van der Waals surface area contributed by atoms with Crippen molar-refractivity contribution in [3.63, 3.8) is 0 Å². The van der Waals surface area contributed by atoms with E-state index < -0.39 is 0 Å². The maximum atomic E-state index is 13.0. The van der Waals surface area contributed by atoms with E-state index in [-0.39, 0.29) is 5.91 Å². The lowest BCUT2D eigenvalue weighted by molar-refractivity contribution is 0.0303. The molecule has 0 aliphatic carbocycles. The first-order chi connectivity index (χ1) is 13.0. The van der Waals surface area contributed by atoms with Gasteiger partial charge in [0.2, 0.25) is 0 Å². The normalized spacial score (nSPS) is 14.6. The Bertz CT molecular complexity index is 1010. The number of carbonyl (C=O) groups is 1. The minimum atomic E-state index is 0.000617. The van der Waals surface area contributed by atoms with Gasteiger partial charge in [0.1, 0.15) is 5.82 Å². The summed E-state index contributed by atoms with van der Waals surface area (Å²) in [6.45, 7) is 4.43. The first-order valence-electron chi connectivity index (χ1n) is 8.89. The number of benzene rings is 1. The van der Waals surface area contributed by atoms with Gasteiger partial charge in [-0.3, -0.25) is 4.79 Å². The Morgan fingerprint density at radius 3 is 2.78 bits per heavy atom. The number of hydrogen-bond acceptors (Lipinski definition) is 4. The van der Waals surface area contributed by atoms with Gasteiger partial charge in [-0.1, -0.05) is 6.07 Å². The van der Waals surface area contributed by atoms with E-state index in [2.05, 4.69) is 32.3 Å². The molecule has 1 aromatic carbocycles. The third-order valence-electron chi connectivity index (χ3n) is 4.81. The number of nitrogens with one attached hydrogen (secondary N) is 1. The molecule has 1 fully saturated rings. The number of nitrogens with zero attached hydrogens (tertiary/aromatic N) is 3. The number of rotatable bonds is 3. The van der Waals surface area contributed by atoms with Crippen LogP contribution in [0.3, 0.4) is 0 Å². The lowest BCUT2D eigenvalue weighted by atomic mass is 10.1. The zero-order valence-electron chi connectivity index (χ0n) is 15.3. The third kappa shape index (κ3) is 3.44. The Morgan fingerprint density at radius 2 is 2.04 bits per heavy atom. The summed E-state index contributed by atoms with van der Waals surface area (Å²) in [4.78, 5) is 19.4. The number of aryl methyl sites for hydroxylation is 2. The molecule has 27 heavy (non-hydrogen) atoms. The molecule has 140 valence electrons. The summed E-state index contributed by atoms with van der Waals surface area (Å²) in [5.74, 6) is 0.731. The van der Waals surface area contributed by atoms with Crippen LogP contribution in [0.4, 0.5) is 11.5 Å². The van der Waals surface area contributed by atoms with Crippen molar-refractivity contribution in [3.8, 4) is 0 Å². The zero-order valence-corrected chi connectivity index (χ0v) is 16.9. The zero-order chi connectivity index (χ0) is 19.0. The predicted octanol–water partition coefficient (Wildman–Crippen LogP) is 3.86. The maximum absolute atomic E-state index is 13.0. The van der Waals surface area contributed by atoms with Crippen LogP contribution in [0.5, 0.6) is 0 Å². The molecule has 0 radical (unpaired) electrons. The van der Waals surface area contributed by atoms with E-state index in [4.69, 9.17) is 4.74 Å². The number of carbonyl (C=O) groups excluding carboxylic acids is 1. The lowest BCUT2D eigenvalue weighted by Gasteiger charge is -2.27. The van der Waals surface area contributed by atoms with E-state index in [1.54, 1.807) is 6.20 Å². The minimum Gasteiger partial charge on any atom is -0.378 e. The molecule has 1 aliphatic heterocycles. The van der Waals surface area contributed by atoms with Gasteiger partial charge in [0.05, 0.1) is 30.0 Å². The average molecular weight is 429 g/mol. The van der Waals surface area contributed by atoms with Crippen LogP contribution < -0.4 is 5.32 Å². The smallest absolute Gasteiger partial charge is 0.257 e. The highest BCUT2D eigenvalue weighted by Crippen LogP contribution is 2.31. The van der Waals surface area contributed by atoms with Crippen molar-refractivity contribution in [1.29, 1.82) is 0 Å². The molecule has 4 rings (SSSR count). The molecule has 3 aromatic rings. The highest BCUT2D eigenvalue weighted by atomic mass is 79.9. The highest BCUT2D eigenvalue weighted by molar-refractivity contribution is 9.10. The van der Waals surface area contributed by atoms with Crippen molar-refractivity contribution in [2.75, 3.05) is 31.6 Å². The summed E-state index contributed by atoms with van der Waals surface area (Å²) in [5, 5.41) is 4.31. The summed E-state index contributed by atoms with van der Waals surface area (Å²) in [5.41, 5.74) is 3.61. The predicted molar refractivity (Wildman–Crippen MR) is 110 cm³/mol. The van der Waals surface area contributed by atoms with Crippen molar-refractivity contribution in [1.82, 2.24) is 14.5 Å². The molecule has 2 aromatic heterocycles. The van der Waals surface area contributed by atoms with E-state index in [0.717, 1.165) is 26.9 Å². The molecular formula is C20H21BrN4O2. The summed E-state index contributed by atoms with van der Waals surface area (Å²) < 4.78 is 8.30. The quantitative estimate of drug-likeness (QED) is 0.687. The van der Waals surface area contributed by atoms with Crippen LogP contribution in [0.1, 0.15) is 15.9 Å². The number of hydrogen-bond donors (Lipinski definition) is 1. The Labute approximate surface area is 166 Å². The Kier molecular flexibility index (Phi) is 4.88. The van der Waals surface area contributed by atoms with Crippen LogP contribution in [-0.2, 0) is 11.8 Å². The molecule has 1 amide bonds. The molecule has 0 atom stereocenters. The second-order valence-electron chi connectivity index (χ2n) is 6.72. The van der Waals surface area contributed by atoms with Gasteiger partial charge in [0, 0.05) is 42.4 Å². The van der Waals surface area contributed by atoms with Gasteiger partial charge in [0.25, 0.3) is 5.91 Å². The van der Waals surface area contributed by atoms with Gasteiger partial charge in [-0.25, -0.2) is 4.98 Å². The molecule has 3 heterocycles. The topological polar surface area (TPSA) is 59.4 Å². The van der Waals surface area contributed by atoms with E-state index in [1.807, 2.05) is 47.8 Å². The molecule has 1 saturated heterocycles. The van der Waals surface area contributed by atoms with Gasteiger partial charge in [0.15, 0.2) is 0 Å². The Morgan fingerprint density at radius 1 is 1.26 bits per heavy atom. The molecule has 0 unspecified atom stereocenters. The maximum Gasteiger partial charge on any atom is 0.257 e. The number of ether oxygens (including phenoxy) is 1. The lowest BCUT2D eigenvalue weighted by Crippen LogP contribution is -2.40. The van der Waals surface area contributed by atoms with Crippen molar-refractivity contribution < 1.29 is 9.53 Å². The van der Waals surface area contributed by atoms with E-state index in [0.29, 0.717) is 31.9 Å². The van der Waals surface area contributed by atoms with E-state index >= 15 is 0 Å². The summed E-state index contributed by atoms with van der Waals surface area (Å²) in [6, 6.07) is 8.11. The van der Waals surface area contributed by atoms with Crippen LogP contribution in [0.2, 0.25) is 0 Å². The third-order valence-corrected chi connectivity index (χ3v) is 5.47. The van der Waals surface area contributed by atoms with E-state index in [9.17, 15) is 4.79 Å². The number of anilines is 2. The number of pyridine rings is 1. The fourth-order valence-corrected chi connectivity index (χ4v) is 3.95. The van der Waals surface area contributed by atoms with Gasteiger partial charge < -0.3 is 19.5 Å². The molecule has 7 heteroatoms. The molecule has 1 aliphatic rings. The summed E-state index contributed by atoms with van der Waals surface area (Å²) >= 11 is 3.60. The number of halogens is 1. The second-order valence-corrected chi connectivity index (χ2v) is 7.58. The standard InChI is InChI=1S/C20H21BrN4O2/c1-13-3-4-17(16(21)11-13)23-19-14-5-6-24(2)18(14)15(12-22-19)20(26)25-7-9-27-10-8-25/h3-6,11-12H,7-10H2,1-2H3,(H,22,23). The largest absolute Gasteiger partial charge is 0.378 e. The van der Waals surface area contributed by atoms with Gasteiger partial charge in [-0.05, 0) is 46.6 Å². The molecule has 0 spiro atoms. The van der Waals surface area contributed by atoms with Gasteiger partial charge in [-0.15, -0.1) is 0 Å². The average Bonchev–Trinajstić information content (AvgIpc) is 3.07. The number of amides is 1. The minimum absolute atomic E-state index is 0.000617. The molecular weight excluding hydrogens is 408 g/mol. The highest BCUT2D eigenvalue weighted by Gasteiger charge is 2.23. The van der Waals surface area contributed by atoms with Crippen molar-refractivity contribution in [2.24, 2.45) is 7.05 Å². The summed E-state index contributed by atoms with van der Waals surface area (Å²) in [6.07, 6.45) is 3.63. The fourth-order valence-electron chi connectivity index (χ4n) is 3.36. The molecule has 1 N–H and O–H groups in total. The number of aromatic nitrogens is 2. The monoisotopic (exact) mass is 428 g/mol. The molecule has 0 saturated carbocycles. The first kappa shape index (κ1) is 18.0. The van der Waals surface area contributed by atoms with Gasteiger partial charge >= 0.3 is 0 Å².